The fraction of sp³-hybridized carbons (Fsp3) is 0.160. The number of hydrogen-bond donors (Lipinski definition) is 1. The van der Waals surface area contributed by atoms with Gasteiger partial charge in [0.05, 0.1) is 42.7 Å². The van der Waals surface area contributed by atoms with Crippen molar-refractivity contribution in [3.63, 3.8) is 0 Å². The van der Waals surface area contributed by atoms with Crippen LogP contribution in [0.5, 0.6) is 17.2 Å². The van der Waals surface area contributed by atoms with E-state index in [2.05, 4.69) is 36.6 Å². The zero-order valence-corrected chi connectivity index (χ0v) is 24.4. The monoisotopic (exact) mass is 722 g/mol. The van der Waals surface area contributed by atoms with Crippen molar-refractivity contribution in [2.75, 3.05) is 13.2 Å². The Morgan fingerprint density at radius 3 is 2.24 bits per heavy atom. The Bertz CT molecular complexity index is 1490. The zero-order chi connectivity index (χ0) is 30.9. The highest BCUT2D eigenvalue weighted by Crippen LogP contribution is 2.37. The highest BCUT2D eigenvalue weighted by molar-refractivity contribution is 9.11. The van der Waals surface area contributed by atoms with Gasteiger partial charge in [0.15, 0.2) is 6.61 Å². The number of carbonyl (C=O) groups excluding carboxylic acids is 2. The Labute approximate surface area is 251 Å². The first-order chi connectivity index (χ1) is 19.2. The van der Waals surface area contributed by atoms with Crippen molar-refractivity contribution in [3.8, 4) is 23.3 Å². The Morgan fingerprint density at radius 1 is 1.10 bits per heavy atom. The molecule has 0 spiro atoms. The SMILES string of the molecule is CCOC(=O)COC(=O)c1cc(Oc2ccc(C(F)(F)F)cc2Cl)ccc1[N+](=O)[O-].N#Cc1cc(Br)c(O)c(Br)c1. The average Bonchev–Trinajstić information content (AvgIpc) is 2.91. The molecule has 10 nitrogen and oxygen atoms in total. The molecule has 3 rings (SSSR count). The number of aromatic hydroxyl groups is 1. The van der Waals surface area contributed by atoms with Crippen molar-refractivity contribution in [2.24, 2.45) is 0 Å². The molecule has 0 fully saturated rings. The molecule has 41 heavy (non-hydrogen) atoms. The molecule has 0 aliphatic heterocycles. The van der Waals surface area contributed by atoms with E-state index < -0.39 is 46.5 Å². The van der Waals surface area contributed by atoms with E-state index in [9.17, 15) is 38.0 Å². The highest BCUT2D eigenvalue weighted by atomic mass is 79.9. The Hall–Kier alpha value is -3.87. The van der Waals surface area contributed by atoms with Crippen LogP contribution >= 0.6 is 43.5 Å². The van der Waals surface area contributed by atoms with Crippen molar-refractivity contribution in [1.82, 2.24) is 0 Å². The minimum atomic E-state index is -4.61. The third-order valence-electron chi connectivity index (χ3n) is 4.64. The number of halogens is 6. The molecular formula is C25H16Br2ClF3N2O8. The molecular weight excluding hydrogens is 709 g/mol. The summed E-state index contributed by atoms with van der Waals surface area (Å²) in [4.78, 5) is 33.8. The molecule has 0 aromatic heterocycles. The molecule has 0 radical (unpaired) electrons. The van der Waals surface area contributed by atoms with Crippen LogP contribution in [0, 0.1) is 21.4 Å². The van der Waals surface area contributed by atoms with E-state index in [1.54, 1.807) is 12.1 Å². The summed E-state index contributed by atoms with van der Waals surface area (Å²) in [5.74, 6) is -2.24. The van der Waals surface area contributed by atoms with Gasteiger partial charge in [0, 0.05) is 12.1 Å². The fourth-order valence-corrected chi connectivity index (χ4v) is 4.23. The lowest BCUT2D eigenvalue weighted by Crippen LogP contribution is -2.17. The van der Waals surface area contributed by atoms with Gasteiger partial charge in [0.2, 0.25) is 0 Å². The van der Waals surface area contributed by atoms with Crippen LogP contribution in [0.1, 0.15) is 28.4 Å². The quantitative estimate of drug-likeness (QED) is 0.148. The normalized spacial score (nSPS) is 10.5. The predicted molar refractivity (Wildman–Crippen MR) is 145 cm³/mol. The van der Waals surface area contributed by atoms with Crippen molar-refractivity contribution < 1.29 is 47.0 Å². The highest BCUT2D eigenvalue weighted by Gasteiger charge is 2.31. The van der Waals surface area contributed by atoms with E-state index in [4.69, 9.17) is 26.3 Å². The number of phenolic OH excluding ortho intramolecular Hbond substituents is 1. The summed E-state index contributed by atoms with van der Waals surface area (Å²) < 4.78 is 53.8. The van der Waals surface area contributed by atoms with E-state index in [1.165, 1.54) is 6.92 Å². The lowest BCUT2D eigenvalue weighted by Gasteiger charge is -2.12. The van der Waals surface area contributed by atoms with Gasteiger partial charge in [0.25, 0.3) is 5.69 Å². The van der Waals surface area contributed by atoms with Gasteiger partial charge >= 0.3 is 18.1 Å². The Kier molecular flexibility index (Phi) is 11.9. The summed E-state index contributed by atoms with van der Waals surface area (Å²) in [5, 5.41) is 28.5. The predicted octanol–water partition coefficient (Wildman–Crippen LogP) is 7.57. The summed E-state index contributed by atoms with van der Waals surface area (Å²) in [6.07, 6.45) is -4.61. The van der Waals surface area contributed by atoms with Gasteiger partial charge in [-0.2, -0.15) is 18.4 Å². The third-order valence-corrected chi connectivity index (χ3v) is 6.15. The van der Waals surface area contributed by atoms with Crippen LogP contribution in [-0.2, 0) is 20.4 Å². The molecule has 0 saturated carbocycles. The molecule has 1 N–H and O–H groups in total. The minimum absolute atomic E-state index is 0.0493. The number of alkyl halides is 3. The summed E-state index contributed by atoms with van der Waals surface area (Å²) in [5.41, 5.74) is -1.66. The van der Waals surface area contributed by atoms with E-state index >= 15 is 0 Å². The van der Waals surface area contributed by atoms with E-state index in [-0.39, 0.29) is 28.9 Å². The Morgan fingerprint density at radius 2 is 1.73 bits per heavy atom. The molecule has 0 heterocycles. The summed E-state index contributed by atoms with van der Waals surface area (Å²) in [6.45, 7) is 0.825. The number of rotatable bonds is 7. The number of nitriles is 1. The maximum atomic E-state index is 12.7. The molecule has 0 amide bonds. The molecule has 0 atom stereocenters. The molecule has 0 bridgehead atoms. The van der Waals surface area contributed by atoms with Crippen molar-refractivity contribution in [2.45, 2.75) is 13.1 Å². The minimum Gasteiger partial charge on any atom is -0.506 e. The second-order valence-electron chi connectivity index (χ2n) is 7.46. The Balaban J connectivity index is 0.000000446. The molecule has 0 aliphatic carbocycles. The van der Waals surface area contributed by atoms with Crippen LogP contribution in [0.3, 0.4) is 0 Å². The number of nitro benzene ring substituents is 1. The third kappa shape index (κ3) is 9.62. The van der Waals surface area contributed by atoms with E-state index in [0.717, 1.165) is 30.3 Å². The van der Waals surface area contributed by atoms with Crippen LogP contribution in [0.4, 0.5) is 18.9 Å². The smallest absolute Gasteiger partial charge is 0.416 e. The van der Waals surface area contributed by atoms with E-state index in [1.807, 2.05) is 6.07 Å². The second-order valence-corrected chi connectivity index (χ2v) is 9.58. The number of nitrogens with zero attached hydrogens (tertiary/aromatic N) is 2. The molecule has 3 aromatic rings. The second kappa shape index (κ2) is 14.7. The van der Waals surface area contributed by atoms with E-state index in [0.29, 0.717) is 20.6 Å². The van der Waals surface area contributed by atoms with Crippen molar-refractivity contribution in [1.29, 1.82) is 5.26 Å². The summed E-state index contributed by atoms with van der Waals surface area (Å²) >= 11 is 12.0. The lowest BCUT2D eigenvalue weighted by atomic mass is 10.1. The van der Waals surface area contributed by atoms with Gasteiger partial charge in [0.1, 0.15) is 22.8 Å². The number of nitro groups is 1. The largest absolute Gasteiger partial charge is 0.506 e. The number of benzene rings is 3. The topological polar surface area (TPSA) is 149 Å². The van der Waals surface area contributed by atoms with Crippen LogP contribution in [0.25, 0.3) is 0 Å². The molecule has 216 valence electrons. The number of hydrogen-bond acceptors (Lipinski definition) is 9. The number of esters is 2. The summed E-state index contributed by atoms with van der Waals surface area (Å²) in [7, 11) is 0. The molecule has 0 unspecified atom stereocenters. The van der Waals surface area contributed by atoms with Gasteiger partial charge in [-0.05, 0) is 75.2 Å². The molecule has 0 aliphatic rings. The first kappa shape index (κ1) is 33.3. The van der Waals surface area contributed by atoms with Gasteiger partial charge in [-0.3, -0.25) is 10.1 Å². The molecule has 0 saturated heterocycles. The van der Waals surface area contributed by atoms with Gasteiger partial charge in [-0.25, -0.2) is 9.59 Å². The van der Waals surface area contributed by atoms with Gasteiger partial charge in [-0.1, -0.05) is 11.6 Å². The maximum absolute atomic E-state index is 12.7. The fourth-order valence-electron chi connectivity index (χ4n) is 2.82. The van der Waals surface area contributed by atoms with Crippen molar-refractivity contribution in [3.05, 3.63) is 89.3 Å². The first-order valence-corrected chi connectivity index (χ1v) is 12.9. The molecule has 16 heteroatoms. The molecule has 3 aromatic carbocycles. The van der Waals surface area contributed by atoms with Gasteiger partial charge < -0.3 is 19.3 Å². The zero-order valence-electron chi connectivity index (χ0n) is 20.5. The first-order valence-electron chi connectivity index (χ1n) is 10.9. The standard InChI is InChI=1S/C18H13ClF3NO7.C7H3Br2NO/c1-2-28-16(24)9-29-17(25)12-8-11(4-5-14(12)23(26)27)30-15-6-3-10(7-13(15)19)18(20,21)22;8-5-1-4(3-10)2-6(9)7(5)11/h3-8H,2,9H2,1H3;1-2,11H. The van der Waals surface area contributed by atoms with Gasteiger partial charge in [-0.15, -0.1) is 0 Å². The van der Waals surface area contributed by atoms with Crippen LogP contribution < -0.4 is 4.74 Å². The lowest BCUT2D eigenvalue weighted by molar-refractivity contribution is -0.385. The van der Waals surface area contributed by atoms with Crippen LogP contribution in [0.2, 0.25) is 5.02 Å². The number of phenols is 1. The van der Waals surface area contributed by atoms with Crippen molar-refractivity contribution >= 4 is 61.1 Å². The maximum Gasteiger partial charge on any atom is 0.416 e. The number of ether oxygens (including phenoxy) is 3. The van der Waals surface area contributed by atoms with Crippen LogP contribution in [0.15, 0.2) is 57.5 Å². The average molecular weight is 725 g/mol. The number of carbonyl (C=O) groups is 2. The van der Waals surface area contributed by atoms with Crippen LogP contribution in [-0.4, -0.2) is 35.2 Å². The summed E-state index contributed by atoms with van der Waals surface area (Å²) in [6, 6.07) is 10.4.